The number of carbonyl (C=O) groups excluding carboxylic acids is 3. The fourth-order valence-electron chi connectivity index (χ4n) is 3.00. The van der Waals surface area contributed by atoms with Crippen molar-refractivity contribution in [3.05, 3.63) is 35.5 Å². The minimum atomic E-state index is -1.27. The van der Waals surface area contributed by atoms with Gasteiger partial charge in [-0.1, -0.05) is 0 Å². The molecule has 2 heterocycles. The minimum Gasteiger partial charge on any atom is -0.419 e. The molecular weight excluding hydrogens is 324 g/mol. The second-order valence-corrected chi connectivity index (χ2v) is 7.10. The molecule has 0 bridgehead atoms. The van der Waals surface area contributed by atoms with E-state index in [4.69, 9.17) is 9.47 Å². The lowest BCUT2D eigenvalue weighted by Crippen LogP contribution is -2.42. The third-order valence-electron chi connectivity index (χ3n) is 4.37. The number of rotatable bonds is 2. The van der Waals surface area contributed by atoms with Crippen molar-refractivity contribution in [3.8, 4) is 0 Å². The van der Waals surface area contributed by atoms with Crippen molar-refractivity contribution in [2.45, 2.75) is 38.9 Å². The average molecular weight is 344 g/mol. The maximum Gasteiger partial charge on any atom is 0.350 e. The first-order valence-electron chi connectivity index (χ1n) is 7.89. The van der Waals surface area contributed by atoms with Crippen LogP contribution in [-0.2, 0) is 29.3 Å². The largest absolute Gasteiger partial charge is 0.419 e. The Bertz CT molecular complexity index is 801. The third-order valence-corrected chi connectivity index (χ3v) is 4.37. The highest BCUT2D eigenvalue weighted by Crippen LogP contribution is 2.41. The molecule has 0 aromatic heterocycles. The van der Waals surface area contributed by atoms with Gasteiger partial charge in [-0.05, 0) is 37.6 Å². The molecule has 1 saturated heterocycles. The first-order chi connectivity index (χ1) is 11.5. The highest BCUT2D eigenvalue weighted by atomic mass is 16.7. The molecule has 0 aliphatic carbocycles. The Hall–Kier alpha value is -2.83. The van der Waals surface area contributed by atoms with Gasteiger partial charge < -0.3 is 19.7 Å². The van der Waals surface area contributed by atoms with Crippen LogP contribution in [0.25, 0.3) is 0 Å². The summed E-state index contributed by atoms with van der Waals surface area (Å²) in [5, 5.41) is 2.91. The summed E-state index contributed by atoms with van der Waals surface area (Å²) in [7, 11) is 1.74. The lowest BCUT2D eigenvalue weighted by Gasteiger charge is -2.29. The van der Waals surface area contributed by atoms with E-state index in [1.807, 2.05) is 26.0 Å². The fraction of sp³-hybridized carbons (Fsp3) is 0.389. The molecule has 0 radical (unpaired) electrons. The second-order valence-electron chi connectivity index (χ2n) is 7.10. The number of amides is 1. The summed E-state index contributed by atoms with van der Waals surface area (Å²) in [4.78, 5) is 37.8. The van der Waals surface area contributed by atoms with Crippen LogP contribution in [0.5, 0.6) is 0 Å². The molecule has 2 aliphatic heterocycles. The van der Waals surface area contributed by atoms with Gasteiger partial charge in [0.1, 0.15) is 0 Å². The molecule has 1 amide bonds. The normalized spacial score (nSPS) is 20.8. The molecule has 0 unspecified atom stereocenters. The Balaban J connectivity index is 1.87. The first kappa shape index (κ1) is 17.0. The highest BCUT2D eigenvalue weighted by Gasteiger charge is 2.42. The van der Waals surface area contributed by atoms with Crippen molar-refractivity contribution in [1.82, 2.24) is 0 Å². The number of nitrogens with one attached hydrogen (secondary N) is 1. The molecule has 0 atom stereocenters. The number of esters is 2. The van der Waals surface area contributed by atoms with Crippen LogP contribution in [0, 0.1) is 0 Å². The Morgan fingerprint density at radius 1 is 1.04 bits per heavy atom. The van der Waals surface area contributed by atoms with Gasteiger partial charge in [0.05, 0.1) is 5.41 Å². The van der Waals surface area contributed by atoms with Crippen molar-refractivity contribution in [3.63, 3.8) is 0 Å². The first-order valence-corrected chi connectivity index (χ1v) is 7.89. The number of hydrogen-bond donors (Lipinski definition) is 1. The Kier molecular flexibility index (Phi) is 3.63. The molecule has 3 rings (SSSR count). The summed E-state index contributed by atoms with van der Waals surface area (Å²) in [6.45, 7) is 6.70. The smallest absolute Gasteiger partial charge is 0.350 e. The zero-order valence-electron chi connectivity index (χ0n) is 14.8. The van der Waals surface area contributed by atoms with Gasteiger partial charge in [0.25, 0.3) is 5.79 Å². The van der Waals surface area contributed by atoms with Gasteiger partial charge in [-0.15, -0.1) is 0 Å². The van der Waals surface area contributed by atoms with Crippen LogP contribution in [0.3, 0.4) is 0 Å². The molecule has 1 fully saturated rings. The molecule has 25 heavy (non-hydrogen) atoms. The number of anilines is 2. The van der Waals surface area contributed by atoms with Crippen LogP contribution in [0.2, 0.25) is 0 Å². The number of carbonyl (C=O) groups is 3. The molecule has 1 N–H and O–H groups in total. The fourth-order valence-corrected chi connectivity index (χ4v) is 3.00. The number of likely N-dealkylation sites (N-methyl/N-ethyl adjacent to an activating group) is 1. The van der Waals surface area contributed by atoms with E-state index in [1.165, 1.54) is 20.0 Å². The quantitative estimate of drug-likeness (QED) is 0.502. The van der Waals surface area contributed by atoms with E-state index in [0.717, 1.165) is 11.3 Å². The molecule has 2 aliphatic rings. The topological polar surface area (TPSA) is 84.9 Å². The van der Waals surface area contributed by atoms with E-state index in [-0.39, 0.29) is 11.5 Å². The van der Waals surface area contributed by atoms with E-state index in [2.05, 4.69) is 5.32 Å². The van der Waals surface area contributed by atoms with Crippen molar-refractivity contribution >= 4 is 29.2 Å². The van der Waals surface area contributed by atoms with Crippen molar-refractivity contribution in [1.29, 1.82) is 0 Å². The van der Waals surface area contributed by atoms with Crippen LogP contribution in [0.1, 0.15) is 33.3 Å². The maximum absolute atomic E-state index is 12.3. The Morgan fingerprint density at radius 2 is 1.64 bits per heavy atom. The number of ether oxygens (including phenoxy) is 2. The summed E-state index contributed by atoms with van der Waals surface area (Å²) in [6.07, 6.45) is 1.26. The Morgan fingerprint density at radius 3 is 2.24 bits per heavy atom. The van der Waals surface area contributed by atoms with Crippen molar-refractivity contribution in [2.24, 2.45) is 0 Å². The summed E-state index contributed by atoms with van der Waals surface area (Å²) in [5.74, 6) is -2.75. The number of cyclic esters (lactones) is 2. The molecule has 1 aromatic carbocycles. The molecule has 7 heteroatoms. The van der Waals surface area contributed by atoms with Crippen LogP contribution in [0.4, 0.5) is 11.4 Å². The summed E-state index contributed by atoms with van der Waals surface area (Å²) >= 11 is 0. The number of benzene rings is 1. The molecule has 1 aromatic rings. The van der Waals surface area contributed by atoms with Gasteiger partial charge in [-0.25, -0.2) is 9.59 Å². The van der Waals surface area contributed by atoms with Crippen molar-refractivity contribution in [2.75, 3.05) is 17.3 Å². The monoisotopic (exact) mass is 344 g/mol. The van der Waals surface area contributed by atoms with E-state index >= 15 is 0 Å². The van der Waals surface area contributed by atoms with Crippen LogP contribution in [0.15, 0.2) is 30.0 Å². The summed E-state index contributed by atoms with van der Waals surface area (Å²) in [5.41, 5.74) is 1.51. The number of nitrogens with zero attached hydrogens (tertiary/aromatic N) is 1. The zero-order valence-corrected chi connectivity index (χ0v) is 14.8. The highest BCUT2D eigenvalue weighted by molar-refractivity contribution is 6.15. The lowest BCUT2D eigenvalue weighted by atomic mass is 9.86. The van der Waals surface area contributed by atoms with Gasteiger partial charge in [0.15, 0.2) is 5.57 Å². The lowest BCUT2D eigenvalue weighted by molar-refractivity contribution is -0.222. The zero-order chi connectivity index (χ0) is 18.6. The Labute approximate surface area is 145 Å². The predicted octanol–water partition coefficient (Wildman–Crippen LogP) is 2.07. The molecule has 0 saturated carbocycles. The van der Waals surface area contributed by atoms with Gasteiger partial charge in [0, 0.05) is 38.5 Å². The van der Waals surface area contributed by atoms with Gasteiger partial charge in [0.2, 0.25) is 5.91 Å². The van der Waals surface area contributed by atoms with Crippen molar-refractivity contribution < 1.29 is 23.9 Å². The van der Waals surface area contributed by atoms with E-state index in [0.29, 0.717) is 5.69 Å². The van der Waals surface area contributed by atoms with Gasteiger partial charge in [-0.3, -0.25) is 4.79 Å². The SMILES string of the molecule is CN1C(=O)C(C)(C)c2cc(NC=C3C(=O)OC(C)(C)OC3=O)ccc21. The third kappa shape index (κ3) is 2.75. The molecular formula is C18H20N2O5. The molecule has 132 valence electrons. The van der Waals surface area contributed by atoms with Crippen LogP contribution >= 0.6 is 0 Å². The van der Waals surface area contributed by atoms with E-state index in [1.54, 1.807) is 18.0 Å². The van der Waals surface area contributed by atoms with E-state index in [9.17, 15) is 14.4 Å². The number of fused-ring (bicyclic) bond motifs is 1. The minimum absolute atomic E-state index is 0.0136. The van der Waals surface area contributed by atoms with Crippen LogP contribution in [-0.4, -0.2) is 30.7 Å². The predicted molar refractivity (Wildman–Crippen MR) is 90.8 cm³/mol. The van der Waals surface area contributed by atoms with Gasteiger partial charge in [-0.2, -0.15) is 0 Å². The van der Waals surface area contributed by atoms with E-state index < -0.39 is 23.1 Å². The second kappa shape index (κ2) is 5.34. The standard InChI is InChI=1S/C18H20N2O5/c1-17(2)12-8-10(6-7-13(12)20(5)16(17)23)19-9-11-14(21)24-18(3,4)25-15(11)22/h6-9,19H,1-5H3. The summed E-state index contributed by atoms with van der Waals surface area (Å²) < 4.78 is 10.1. The maximum atomic E-state index is 12.3. The van der Waals surface area contributed by atoms with Crippen LogP contribution < -0.4 is 10.2 Å². The molecule has 0 spiro atoms. The van der Waals surface area contributed by atoms with Gasteiger partial charge >= 0.3 is 11.9 Å². The number of hydrogen-bond acceptors (Lipinski definition) is 6. The average Bonchev–Trinajstić information content (AvgIpc) is 2.66. The molecule has 7 nitrogen and oxygen atoms in total. The summed E-state index contributed by atoms with van der Waals surface area (Å²) in [6, 6.07) is 5.42.